The number of nitrogens with zero attached hydrogens (tertiary/aromatic N) is 5. The van der Waals surface area contributed by atoms with Gasteiger partial charge in [-0.1, -0.05) is 23.7 Å². The Morgan fingerprint density at radius 1 is 1.35 bits per heavy atom. The van der Waals surface area contributed by atoms with Crippen LogP contribution in [0.1, 0.15) is 6.92 Å². The van der Waals surface area contributed by atoms with Crippen molar-refractivity contribution in [2.24, 2.45) is 4.99 Å². The van der Waals surface area contributed by atoms with E-state index in [9.17, 15) is 9.59 Å². The van der Waals surface area contributed by atoms with Gasteiger partial charge in [-0.25, -0.2) is 9.79 Å². The van der Waals surface area contributed by atoms with Gasteiger partial charge in [-0.15, -0.1) is 6.58 Å². The Balaban J connectivity index is 1.74. The van der Waals surface area contributed by atoms with Gasteiger partial charge in [0.15, 0.2) is 12.2 Å². The average molecular weight is 372 g/mol. The third-order valence-electron chi connectivity index (χ3n) is 4.77. The maximum absolute atomic E-state index is 12.9. The Hall–Kier alpha value is -2.80. The number of fused-ring (bicyclic) bond motifs is 3. The normalized spacial score (nSPS) is 24.6. The van der Waals surface area contributed by atoms with Crippen LogP contribution in [0.25, 0.3) is 0 Å². The number of urea groups is 1. The molecule has 3 aliphatic rings. The van der Waals surface area contributed by atoms with Crippen molar-refractivity contribution < 1.29 is 9.59 Å². The third-order valence-corrected chi connectivity index (χ3v) is 5.00. The van der Waals surface area contributed by atoms with E-state index < -0.39 is 12.2 Å². The van der Waals surface area contributed by atoms with E-state index in [-0.39, 0.29) is 18.5 Å². The summed E-state index contributed by atoms with van der Waals surface area (Å²) in [5, 5.41) is 0.616. The number of halogens is 1. The highest BCUT2D eigenvalue weighted by Crippen LogP contribution is 2.36. The predicted molar refractivity (Wildman–Crippen MR) is 99.6 cm³/mol. The molecule has 1 aromatic carbocycles. The minimum Gasteiger partial charge on any atom is -0.302 e. The molecule has 3 aliphatic heterocycles. The first-order valence-electron chi connectivity index (χ1n) is 8.23. The summed E-state index contributed by atoms with van der Waals surface area (Å²) in [4.78, 5) is 36.6. The lowest BCUT2D eigenvalue weighted by Crippen LogP contribution is -2.64. The number of carbonyl (C=O) groups is 2. The van der Waals surface area contributed by atoms with Crippen molar-refractivity contribution in [2.45, 2.75) is 19.1 Å². The molecule has 0 radical (unpaired) electrons. The highest BCUT2D eigenvalue weighted by atomic mass is 35.5. The second kappa shape index (κ2) is 5.88. The number of rotatable bonds is 3. The first-order chi connectivity index (χ1) is 12.4. The van der Waals surface area contributed by atoms with Crippen LogP contribution in [0.3, 0.4) is 0 Å². The van der Waals surface area contributed by atoms with Gasteiger partial charge in [0, 0.05) is 30.5 Å². The molecule has 2 atom stereocenters. The summed E-state index contributed by atoms with van der Waals surface area (Å²) in [7, 11) is 1.66. The standard InChI is InChI=1S/C18H18ClN5O2/c1-4-8-22-16(25)14-15(21(3)18(22)26)20-17-23(14)10-11(2)24(17)13-7-5-6-12(19)9-13/h4-7,9-10,14-15H,1,8H2,2-3H3. The van der Waals surface area contributed by atoms with Gasteiger partial charge in [0.25, 0.3) is 5.91 Å². The van der Waals surface area contributed by atoms with Crippen LogP contribution in [-0.2, 0) is 4.79 Å². The van der Waals surface area contributed by atoms with Crippen LogP contribution in [0.2, 0.25) is 5.02 Å². The first kappa shape index (κ1) is 16.7. The molecule has 26 heavy (non-hydrogen) atoms. The van der Waals surface area contributed by atoms with E-state index in [0.29, 0.717) is 11.0 Å². The fraction of sp³-hybridized carbons (Fsp3) is 0.278. The van der Waals surface area contributed by atoms with Crippen molar-refractivity contribution in [3.05, 3.63) is 53.8 Å². The number of hydrogen-bond donors (Lipinski definition) is 0. The molecule has 0 bridgehead atoms. The van der Waals surface area contributed by atoms with Crippen LogP contribution in [0.15, 0.2) is 53.8 Å². The second-order valence-electron chi connectivity index (χ2n) is 6.41. The highest BCUT2D eigenvalue weighted by molar-refractivity contribution is 6.31. The Labute approximate surface area is 156 Å². The van der Waals surface area contributed by atoms with Gasteiger partial charge >= 0.3 is 6.03 Å². The smallest absolute Gasteiger partial charge is 0.302 e. The number of anilines is 1. The van der Waals surface area contributed by atoms with Gasteiger partial charge in [-0.3, -0.25) is 14.6 Å². The molecular weight excluding hydrogens is 354 g/mol. The second-order valence-corrected chi connectivity index (χ2v) is 6.85. The van der Waals surface area contributed by atoms with Crippen molar-refractivity contribution in [2.75, 3.05) is 18.5 Å². The predicted octanol–water partition coefficient (Wildman–Crippen LogP) is 2.47. The summed E-state index contributed by atoms with van der Waals surface area (Å²) < 4.78 is 0. The lowest BCUT2D eigenvalue weighted by atomic mass is 10.1. The third kappa shape index (κ3) is 2.24. The number of allylic oxidation sites excluding steroid dienone is 1. The molecule has 0 N–H and O–H groups in total. The van der Waals surface area contributed by atoms with Crippen LogP contribution in [-0.4, -0.2) is 58.4 Å². The molecule has 2 unspecified atom stereocenters. The molecule has 8 heteroatoms. The fourth-order valence-corrected chi connectivity index (χ4v) is 3.77. The maximum Gasteiger partial charge on any atom is 0.328 e. The molecule has 0 spiro atoms. The molecular formula is C18H18ClN5O2. The number of hydrogen-bond acceptors (Lipinski definition) is 5. The SMILES string of the molecule is C=CCN1C(=O)C2C(N=C3N(c4cccc(Cl)c4)C(C)=CN32)N(C)C1=O. The van der Waals surface area contributed by atoms with Gasteiger partial charge in [0.05, 0.1) is 5.69 Å². The maximum atomic E-state index is 12.9. The zero-order valence-corrected chi connectivity index (χ0v) is 15.2. The molecule has 0 aliphatic carbocycles. The van der Waals surface area contributed by atoms with Crippen LogP contribution < -0.4 is 4.90 Å². The van der Waals surface area contributed by atoms with Gasteiger partial charge < -0.3 is 9.80 Å². The van der Waals surface area contributed by atoms with E-state index >= 15 is 0 Å². The number of benzene rings is 1. The lowest BCUT2D eigenvalue weighted by Gasteiger charge is -2.39. The van der Waals surface area contributed by atoms with Gasteiger partial charge in [-0.2, -0.15) is 0 Å². The summed E-state index contributed by atoms with van der Waals surface area (Å²) in [5.74, 6) is 0.349. The van der Waals surface area contributed by atoms with E-state index in [1.165, 1.54) is 9.80 Å². The number of amides is 3. The molecule has 3 heterocycles. The largest absolute Gasteiger partial charge is 0.328 e. The van der Waals surface area contributed by atoms with Gasteiger partial charge in [0.1, 0.15) is 0 Å². The van der Waals surface area contributed by atoms with Crippen molar-refractivity contribution in [1.29, 1.82) is 0 Å². The quantitative estimate of drug-likeness (QED) is 0.766. The topological polar surface area (TPSA) is 59.5 Å². The monoisotopic (exact) mass is 371 g/mol. The van der Waals surface area contributed by atoms with E-state index in [1.54, 1.807) is 19.2 Å². The summed E-state index contributed by atoms with van der Waals surface area (Å²) >= 11 is 6.13. The van der Waals surface area contributed by atoms with Gasteiger partial charge in [0.2, 0.25) is 5.96 Å². The summed E-state index contributed by atoms with van der Waals surface area (Å²) in [5.41, 5.74) is 1.78. The molecule has 4 rings (SSSR count). The summed E-state index contributed by atoms with van der Waals surface area (Å²) in [6.45, 7) is 5.75. The van der Waals surface area contributed by atoms with Crippen LogP contribution in [0, 0.1) is 0 Å². The zero-order chi connectivity index (χ0) is 18.6. The number of imide groups is 1. The molecule has 7 nitrogen and oxygen atoms in total. The molecule has 0 aromatic heterocycles. The summed E-state index contributed by atoms with van der Waals surface area (Å²) in [6.07, 6.45) is 2.87. The van der Waals surface area contributed by atoms with E-state index in [1.807, 2.05) is 41.1 Å². The van der Waals surface area contributed by atoms with E-state index in [2.05, 4.69) is 6.58 Å². The minimum absolute atomic E-state index is 0.176. The molecule has 0 saturated carbocycles. The number of carbonyl (C=O) groups excluding carboxylic acids is 2. The molecule has 1 fully saturated rings. The molecule has 1 saturated heterocycles. The van der Waals surface area contributed by atoms with Crippen molar-refractivity contribution in [3.8, 4) is 0 Å². The number of guanidine groups is 1. The van der Waals surface area contributed by atoms with Crippen LogP contribution >= 0.6 is 11.6 Å². The van der Waals surface area contributed by atoms with Crippen molar-refractivity contribution in [1.82, 2.24) is 14.7 Å². The van der Waals surface area contributed by atoms with Crippen LogP contribution in [0.4, 0.5) is 10.5 Å². The minimum atomic E-state index is -0.577. The van der Waals surface area contributed by atoms with Crippen molar-refractivity contribution >= 4 is 35.2 Å². The lowest BCUT2D eigenvalue weighted by molar-refractivity contribution is -0.136. The highest BCUT2D eigenvalue weighted by Gasteiger charge is 2.54. The van der Waals surface area contributed by atoms with E-state index in [0.717, 1.165) is 11.4 Å². The van der Waals surface area contributed by atoms with Gasteiger partial charge in [-0.05, 0) is 25.1 Å². The number of aliphatic imine (C=N–C) groups is 1. The van der Waals surface area contributed by atoms with Crippen LogP contribution in [0.5, 0.6) is 0 Å². The fourth-order valence-electron chi connectivity index (χ4n) is 3.59. The summed E-state index contributed by atoms with van der Waals surface area (Å²) in [6, 6.07) is 6.49. The Morgan fingerprint density at radius 2 is 2.12 bits per heavy atom. The molecule has 134 valence electrons. The average Bonchev–Trinajstić information content (AvgIpc) is 3.11. The van der Waals surface area contributed by atoms with Crippen molar-refractivity contribution in [3.63, 3.8) is 0 Å². The van der Waals surface area contributed by atoms with E-state index in [4.69, 9.17) is 16.6 Å². The Bertz CT molecular complexity index is 880. The Kier molecular flexibility index (Phi) is 3.77. The zero-order valence-electron chi connectivity index (χ0n) is 14.5. The Morgan fingerprint density at radius 3 is 2.81 bits per heavy atom. The number of likely N-dealkylation sites (N-methyl/N-ethyl adjacent to an activating group) is 1. The molecule has 1 aromatic rings. The molecule has 3 amide bonds. The first-order valence-corrected chi connectivity index (χ1v) is 8.61.